The molecule has 0 unspecified atom stereocenters. The van der Waals surface area contributed by atoms with Gasteiger partial charge in [-0.2, -0.15) is 0 Å². The highest BCUT2D eigenvalue weighted by molar-refractivity contribution is 5.77. The van der Waals surface area contributed by atoms with Gasteiger partial charge in [0.25, 0.3) is 0 Å². The summed E-state index contributed by atoms with van der Waals surface area (Å²) >= 11 is 0. The first-order valence-corrected chi connectivity index (χ1v) is 5.65. The van der Waals surface area contributed by atoms with Gasteiger partial charge in [-0.25, -0.2) is 0 Å². The number of ether oxygens (including phenoxy) is 1. The molecule has 1 aromatic carbocycles. The van der Waals surface area contributed by atoms with Crippen LogP contribution in [0.25, 0.3) is 0 Å². The van der Waals surface area contributed by atoms with Gasteiger partial charge >= 0.3 is 0 Å². The van der Waals surface area contributed by atoms with Gasteiger partial charge in [-0.1, -0.05) is 24.3 Å². The number of hydrogen-bond acceptors (Lipinski definition) is 2. The minimum atomic E-state index is 0.0929. The third-order valence-electron chi connectivity index (χ3n) is 3.04. The lowest BCUT2D eigenvalue weighted by molar-refractivity contribution is -0.135. The van der Waals surface area contributed by atoms with Gasteiger partial charge in [0, 0.05) is 20.2 Å². The molecule has 3 heteroatoms. The number of benzene rings is 1. The Morgan fingerprint density at radius 1 is 1.25 bits per heavy atom. The van der Waals surface area contributed by atoms with Crippen molar-refractivity contribution in [2.45, 2.75) is 12.8 Å². The van der Waals surface area contributed by atoms with Crippen LogP contribution >= 0.6 is 0 Å². The third kappa shape index (κ3) is 2.42. The van der Waals surface area contributed by atoms with Crippen molar-refractivity contribution in [1.82, 2.24) is 4.90 Å². The second kappa shape index (κ2) is 5.12. The van der Waals surface area contributed by atoms with Crippen LogP contribution in [0.4, 0.5) is 0 Å². The Bertz CT molecular complexity index is 349. The lowest BCUT2D eigenvalue weighted by Gasteiger charge is -2.19. The fourth-order valence-electron chi connectivity index (χ4n) is 2.13. The first kappa shape index (κ1) is 11.1. The average molecular weight is 219 g/mol. The zero-order chi connectivity index (χ0) is 11.4. The van der Waals surface area contributed by atoms with E-state index in [1.807, 2.05) is 4.90 Å². The van der Waals surface area contributed by atoms with Crippen molar-refractivity contribution in [2.24, 2.45) is 0 Å². The Labute approximate surface area is 96.0 Å². The molecule has 0 saturated heterocycles. The monoisotopic (exact) mass is 219 g/mol. The van der Waals surface area contributed by atoms with Gasteiger partial charge in [0.05, 0.1) is 0 Å². The number of hydrogen-bond donors (Lipinski definition) is 0. The van der Waals surface area contributed by atoms with Crippen LogP contribution in [0.3, 0.4) is 0 Å². The highest BCUT2D eigenvalue weighted by Gasteiger charge is 2.17. The Morgan fingerprint density at radius 2 is 1.81 bits per heavy atom. The van der Waals surface area contributed by atoms with Crippen LogP contribution in [0.15, 0.2) is 24.3 Å². The normalized spacial score (nSPS) is 15.4. The van der Waals surface area contributed by atoms with Crippen LogP contribution < -0.4 is 0 Å². The van der Waals surface area contributed by atoms with E-state index in [1.54, 1.807) is 7.11 Å². The van der Waals surface area contributed by atoms with E-state index in [0.717, 1.165) is 25.9 Å². The quantitative estimate of drug-likeness (QED) is 0.749. The topological polar surface area (TPSA) is 29.5 Å². The molecule has 0 spiro atoms. The summed E-state index contributed by atoms with van der Waals surface area (Å²) in [5.41, 5.74) is 2.74. The molecule has 0 saturated carbocycles. The highest BCUT2D eigenvalue weighted by Crippen LogP contribution is 2.15. The van der Waals surface area contributed by atoms with Crippen molar-refractivity contribution < 1.29 is 9.53 Å². The fourth-order valence-corrected chi connectivity index (χ4v) is 2.13. The van der Waals surface area contributed by atoms with Crippen molar-refractivity contribution in [3.8, 4) is 0 Å². The smallest absolute Gasteiger partial charge is 0.248 e. The molecule has 0 atom stereocenters. The largest absolute Gasteiger partial charge is 0.375 e. The van der Waals surface area contributed by atoms with E-state index in [4.69, 9.17) is 4.74 Å². The number of methoxy groups -OCH3 is 1. The van der Waals surface area contributed by atoms with Crippen LogP contribution in [-0.4, -0.2) is 37.6 Å². The zero-order valence-electron chi connectivity index (χ0n) is 9.61. The minimum Gasteiger partial charge on any atom is -0.375 e. The molecule has 0 fully saturated rings. The molecule has 1 aliphatic rings. The van der Waals surface area contributed by atoms with Crippen molar-refractivity contribution in [3.63, 3.8) is 0 Å². The second-order valence-corrected chi connectivity index (χ2v) is 4.08. The molecule has 0 N–H and O–H groups in total. The van der Waals surface area contributed by atoms with Crippen LogP contribution in [0.2, 0.25) is 0 Å². The zero-order valence-corrected chi connectivity index (χ0v) is 9.61. The average Bonchev–Trinajstić information content (AvgIpc) is 2.51. The van der Waals surface area contributed by atoms with E-state index in [2.05, 4.69) is 24.3 Å². The number of nitrogens with zero attached hydrogens (tertiary/aromatic N) is 1. The molecule has 3 nitrogen and oxygen atoms in total. The summed E-state index contributed by atoms with van der Waals surface area (Å²) < 4.78 is 4.88. The van der Waals surface area contributed by atoms with Crippen molar-refractivity contribution in [3.05, 3.63) is 35.4 Å². The predicted molar refractivity (Wildman–Crippen MR) is 62.3 cm³/mol. The van der Waals surface area contributed by atoms with E-state index < -0.39 is 0 Å². The van der Waals surface area contributed by atoms with Gasteiger partial charge in [0.15, 0.2) is 0 Å². The highest BCUT2D eigenvalue weighted by atomic mass is 16.5. The molecule has 1 heterocycles. The Kier molecular flexibility index (Phi) is 3.57. The number of fused-ring (bicyclic) bond motifs is 1. The summed E-state index contributed by atoms with van der Waals surface area (Å²) in [5, 5.41) is 0. The third-order valence-corrected chi connectivity index (χ3v) is 3.04. The van der Waals surface area contributed by atoms with Crippen molar-refractivity contribution >= 4 is 5.91 Å². The number of amides is 1. The Morgan fingerprint density at radius 3 is 2.31 bits per heavy atom. The first-order valence-electron chi connectivity index (χ1n) is 5.65. The minimum absolute atomic E-state index is 0.0929. The van der Waals surface area contributed by atoms with E-state index in [9.17, 15) is 4.79 Å². The Balaban J connectivity index is 2.04. The molecule has 1 aliphatic heterocycles. The summed E-state index contributed by atoms with van der Waals surface area (Å²) in [6.45, 7) is 1.80. The summed E-state index contributed by atoms with van der Waals surface area (Å²) in [5.74, 6) is 0.0929. The standard InChI is InChI=1S/C13H17NO2/c1-16-10-13(15)14-8-6-11-4-2-3-5-12(11)7-9-14/h2-5H,6-10H2,1H3. The van der Waals surface area contributed by atoms with Gasteiger partial charge in [0.1, 0.15) is 6.61 Å². The molecule has 86 valence electrons. The van der Waals surface area contributed by atoms with Gasteiger partial charge in [-0.3, -0.25) is 4.79 Å². The number of carbonyl (C=O) groups excluding carboxylic acids is 1. The molecule has 16 heavy (non-hydrogen) atoms. The summed E-state index contributed by atoms with van der Waals surface area (Å²) in [6, 6.07) is 8.43. The van der Waals surface area contributed by atoms with Crippen LogP contribution in [0.1, 0.15) is 11.1 Å². The van der Waals surface area contributed by atoms with Crippen molar-refractivity contribution in [1.29, 1.82) is 0 Å². The molecule has 0 aromatic heterocycles. The maximum atomic E-state index is 11.7. The summed E-state index contributed by atoms with van der Waals surface area (Å²) in [4.78, 5) is 13.6. The molecular weight excluding hydrogens is 202 g/mol. The molecule has 0 bridgehead atoms. The van der Waals surface area contributed by atoms with Gasteiger partial charge < -0.3 is 9.64 Å². The van der Waals surface area contributed by atoms with Gasteiger partial charge in [0.2, 0.25) is 5.91 Å². The fraction of sp³-hybridized carbons (Fsp3) is 0.462. The molecule has 2 rings (SSSR count). The molecule has 0 radical (unpaired) electrons. The SMILES string of the molecule is COCC(=O)N1CCc2ccccc2CC1. The maximum absolute atomic E-state index is 11.7. The molecule has 1 aromatic rings. The van der Waals surface area contributed by atoms with Gasteiger partial charge in [-0.15, -0.1) is 0 Å². The lowest BCUT2D eigenvalue weighted by Crippen LogP contribution is -2.35. The maximum Gasteiger partial charge on any atom is 0.248 e. The van der Waals surface area contributed by atoms with Gasteiger partial charge in [-0.05, 0) is 24.0 Å². The number of carbonyl (C=O) groups is 1. The van der Waals surface area contributed by atoms with Crippen LogP contribution in [-0.2, 0) is 22.4 Å². The lowest BCUT2D eigenvalue weighted by atomic mass is 10.0. The summed E-state index contributed by atoms with van der Waals surface area (Å²) in [7, 11) is 1.56. The molecular formula is C13H17NO2. The van der Waals surface area contributed by atoms with E-state index in [1.165, 1.54) is 11.1 Å². The number of rotatable bonds is 2. The first-order chi connectivity index (χ1) is 7.81. The molecule has 0 aliphatic carbocycles. The van der Waals surface area contributed by atoms with E-state index >= 15 is 0 Å². The van der Waals surface area contributed by atoms with Crippen molar-refractivity contribution in [2.75, 3.05) is 26.8 Å². The molecule has 1 amide bonds. The second-order valence-electron chi connectivity index (χ2n) is 4.08. The van der Waals surface area contributed by atoms with E-state index in [0.29, 0.717) is 0 Å². The van der Waals surface area contributed by atoms with Crippen LogP contribution in [0, 0.1) is 0 Å². The predicted octanol–water partition coefficient (Wildman–Crippen LogP) is 1.26. The van der Waals surface area contributed by atoms with Crippen LogP contribution in [0.5, 0.6) is 0 Å². The Hall–Kier alpha value is -1.35. The van der Waals surface area contributed by atoms with E-state index in [-0.39, 0.29) is 12.5 Å². The summed E-state index contributed by atoms with van der Waals surface area (Å²) in [6.07, 6.45) is 1.90.